The third-order valence-corrected chi connectivity index (χ3v) is 5.84. The Morgan fingerprint density at radius 2 is 1.86 bits per heavy atom. The molecular weight excluding hydrogens is 350 g/mol. The molecule has 4 rings (SSSR count). The molecule has 148 valence electrons. The van der Waals surface area contributed by atoms with Crippen molar-refractivity contribution in [1.82, 2.24) is 9.88 Å². The number of ether oxygens (including phenoxy) is 1. The van der Waals surface area contributed by atoms with Crippen LogP contribution in [0.2, 0.25) is 0 Å². The number of nitrogens with zero attached hydrogens (tertiary/aromatic N) is 2. The Bertz CT molecular complexity index is 774. The molecule has 1 amide bonds. The van der Waals surface area contributed by atoms with Crippen LogP contribution in [0.3, 0.4) is 0 Å². The molecule has 0 radical (unpaired) electrons. The summed E-state index contributed by atoms with van der Waals surface area (Å²) in [6.07, 6.45) is 9.82. The van der Waals surface area contributed by atoms with Crippen LogP contribution in [0.5, 0.6) is 0 Å². The Labute approximate surface area is 167 Å². The van der Waals surface area contributed by atoms with Crippen molar-refractivity contribution in [3.8, 4) is 0 Å². The van der Waals surface area contributed by atoms with Crippen molar-refractivity contribution in [2.75, 3.05) is 11.9 Å². The predicted octanol–water partition coefficient (Wildman–Crippen LogP) is 5.30. The fourth-order valence-electron chi connectivity index (χ4n) is 4.36. The molecule has 0 bridgehead atoms. The van der Waals surface area contributed by atoms with Gasteiger partial charge in [-0.15, -0.1) is 0 Å². The van der Waals surface area contributed by atoms with E-state index in [9.17, 15) is 4.79 Å². The molecule has 1 atom stereocenters. The molecular formula is C23H29N3O2. The normalized spacial score (nSPS) is 20.1. The third kappa shape index (κ3) is 4.46. The highest BCUT2D eigenvalue weighted by molar-refractivity contribution is 5.69. The van der Waals surface area contributed by atoms with Crippen LogP contribution in [-0.4, -0.2) is 28.6 Å². The van der Waals surface area contributed by atoms with Gasteiger partial charge in [0.1, 0.15) is 12.4 Å². The first kappa shape index (κ1) is 18.8. The fraction of sp³-hybridized carbons (Fsp3) is 0.478. The highest BCUT2D eigenvalue weighted by Gasteiger charge is 2.33. The van der Waals surface area contributed by atoms with Crippen molar-refractivity contribution in [2.45, 2.75) is 63.6 Å². The number of likely N-dealkylation sites (tertiary alicyclic amines) is 1. The molecule has 2 heterocycles. The number of carbonyl (C=O) groups is 1. The van der Waals surface area contributed by atoms with E-state index in [4.69, 9.17) is 4.74 Å². The van der Waals surface area contributed by atoms with Crippen LogP contribution in [0.1, 0.15) is 62.1 Å². The lowest BCUT2D eigenvalue weighted by Gasteiger charge is -2.28. The number of benzene rings is 1. The van der Waals surface area contributed by atoms with Gasteiger partial charge in [-0.1, -0.05) is 55.7 Å². The van der Waals surface area contributed by atoms with Gasteiger partial charge in [0.05, 0.1) is 6.04 Å². The van der Waals surface area contributed by atoms with Crippen LogP contribution >= 0.6 is 0 Å². The molecule has 0 unspecified atom stereocenters. The topological polar surface area (TPSA) is 54.5 Å². The zero-order chi connectivity index (χ0) is 19.2. The Hall–Kier alpha value is -2.56. The number of rotatable bonds is 5. The molecule has 1 N–H and O–H groups in total. The number of carbonyl (C=O) groups excluding carboxylic acids is 1. The van der Waals surface area contributed by atoms with E-state index in [1.54, 1.807) is 0 Å². The van der Waals surface area contributed by atoms with Gasteiger partial charge in [-0.25, -0.2) is 9.78 Å². The number of aromatic nitrogens is 1. The number of pyridine rings is 1. The summed E-state index contributed by atoms with van der Waals surface area (Å²) >= 11 is 0. The Kier molecular flexibility index (Phi) is 6.10. The fourth-order valence-corrected chi connectivity index (χ4v) is 4.36. The SMILES string of the molecule is O=C(OCc1ccccc1)N1CCC[C@@H]1c1cccnc1NC1CCCCC1. The highest BCUT2D eigenvalue weighted by Crippen LogP contribution is 2.36. The summed E-state index contributed by atoms with van der Waals surface area (Å²) in [7, 11) is 0. The van der Waals surface area contributed by atoms with Crippen LogP contribution in [0.15, 0.2) is 48.7 Å². The van der Waals surface area contributed by atoms with Gasteiger partial charge in [0.25, 0.3) is 0 Å². The van der Waals surface area contributed by atoms with Gasteiger partial charge < -0.3 is 15.0 Å². The lowest BCUT2D eigenvalue weighted by Crippen LogP contribution is -2.32. The van der Waals surface area contributed by atoms with Crippen molar-refractivity contribution in [1.29, 1.82) is 0 Å². The average molecular weight is 380 g/mol. The Morgan fingerprint density at radius 3 is 2.68 bits per heavy atom. The van der Waals surface area contributed by atoms with Gasteiger partial charge in [-0.2, -0.15) is 0 Å². The van der Waals surface area contributed by atoms with Gasteiger partial charge in [0.2, 0.25) is 0 Å². The predicted molar refractivity (Wildman–Crippen MR) is 110 cm³/mol. The summed E-state index contributed by atoms with van der Waals surface area (Å²) in [4.78, 5) is 19.2. The molecule has 5 nitrogen and oxygen atoms in total. The summed E-state index contributed by atoms with van der Waals surface area (Å²) in [6, 6.07) is 14.4. The Balaban J connectivity index is 1.44. The number of hydrogen-bond donors (Lipinski definition) is 1. The second kappa shape index (κ2) is 9.09. The van der Waals surface area contributed by atoms with Crippen molar-refractivity contribution in [3.05, 3.63) is 59.8 Å². The van der Waals surface area contributed by atoms with Crippen molar-refractivity contribution in [3.63, 3.8) is 0 Å². The van der Waals surface area contributed by atoms with E-state index in [0.29, 0.717) is 12.6 Å². The maximum Gasteiger partial charge on any atom is 0.410 e. The molecule has 2 fully saturated rings. The van der Waals surface area contributed by atoms with Crippen LogP contribution < -0.4 is 5.32 Å². The number of anilines is 1. The first-order chi connectivity index (χ1) is 13.8. The smallest absolute Gasteiger partial charge is 0.410 e. The van der Waals surface area contributed by atoms with E-state index < -0.39 is 0 Å². The van der Waals surface area contributed by atoms with Gasteiger partial charge in [-0.3, -0.25) is 0 Å². The van der Waals surface area contributed by atoms with Crippen molar-refractivity contribution >= 4 is 11.9 Å². The summed E-state index contributed by atoms with van der Waals surface area (Å²) in [5.41, 5.74) is 2.12. The minimum absolute atomic E-state index is 0.0306. The van der Waals surface area contributed by atoms with Gasteiger partial charge in [0, 0.05) is 24.3 Å². The molecule has 28 heavy (non-hydrogen) atoms. The van der Waals surface area contributed by atoms with Crippen molar-refractivity contribution < 1.29 is 9.53 Å². The number of nitrogens with one attached hydrogen (secondary N) is 1. The molecule has 2 aliphatic rings. The second-order valence-corrected chi connectivity index (χ2v) is 7.81. The summed E-state index contributed by atoms with van der Waals surface area (Å²) < 4.78 is 5.60. The summed E-state index contributed by atoms with van der Waals surface area (Å²) in [6.45, 7) is 1.04. The third-order valence-electron chi connectivity index (χ3n) is 5.84. The van der Waals surface area contributed by atoms with E-state index in [1.807, 2.05) is 47.5 Å². The molecule has 1 aromatic carbocycles. The molecule has 0 spiro atoms. The Morgan fingerprint density at radius 1 is 1.04 bits per heavy atom. The van der Waals surface area contributed by atoms with E-state index >= 15 is 0 Å². The van der Waals surface area contributed by atoms with Crippen LogP contribution in [0.4, 0.5) is 10.6 Å². The van der Waals surface area contributed by atoms with E-state index in [-0.39, 0.29) is 12.1 Å². The molecule has 5 heteroatoms. The zero-order valence-corrected chi connectivity index (χ0v) is 16.3. The summed E-state index contributed by atoms with van der Waals surface area (Å²) in [5.74, 6) is 0.933. The lowest BCUT2D eigenvalue weighted by molar-refractivity contribution is 0.0921. The quantitative estimate of drug-likeness (QED) is 0.766. The number of amides is 1. The van der Waals surface area contributed by atoms with E-state index in [2.05, 4.69) is 16.4 Å². The minimum Gasteiger partial charge on any atom is -0.445 e. The van der Waals surface area contributed by atoms with Crippen LogP contribution in [-0.2, 0) is 11.3 Å². The van der Waals surface area contributed by atoms with E-state index in [0.717, 1.165) is 36.3 Å². The molecule has 1 saturated heterocycles. The first-order valence-corrected chi connectivity index (χ1v) is 10.5. The standard InChI is InChI=1S/C23H29N3O2/c27-23(28-17-18-9-3-1-4-10-18)26-16-8-14-21(26)20-13-7-15-24-22(20)25-19-11-5-2-6-12-19/h1,3-4,7,9-10,13,15,19,21H,2,5-6,8,11-12,14,16-17H2,(H,24,25)/t21-/m1/s1. The molecule has 1 aliphatic heterocycles. The first-order valence-electron chi connectivity index (χ1n) is 10.5. The highest BCUT2D eigenvalue weighted by atomic mass is 16.6. The largest absolute Gasteiger partial charge is 0.445 e. The minimum atomic E-state index is -0.237. The molecule has 1 saturated carbocycles. The van der Waals surface area contributed by atoms with Gasteiger partial charge in [0.15, 0.2) is 0 Å². The molecule has 1 aromatic heterocycles. The van der Waals surface area contributed by atoms with Crippen LogP contribution in [0.25, 0.3) is 0 Å². The maximum absolute atomic E-state index is 12.8. The van der Waals surface area contributed by atoms with E-state index in [1.165, 1.54) is 32.1 Å². The summed E-state index contributed by atoms with van der Waals surface area (Å²) in [5, 5.41) is 3.65. The number of hydrogen-bond acceptors (Lipinski definition) is 4. The average Bonchev–Trinajstić information content (AvgIpc) is 3.24. The van der Waals surface area contributed by atoms with Crippen molar-refractivity contribution in [2.24, 2.45) is 0 Å². The van der Waals surface area contributed by atoms with Crippen LogP contribution in [0, 0.1) is 0 Å². The maximum atomic E-state index is 12.8. The van der Waals surface area contributed by atoms with Gasteiger partial charge >= 0.3 is 6.09 Å². The lowest BCUT2D eigenvalue weighted by atomic mass is 9.95. The molecule has 2 aromatic rings. The zero-order valence-electron chi connectivity index (χ0n) is 16.3. The second-order valence-electron chi connectivity index (χ2n) is 7.81. The molecule has 1 aliphatic carbocycles. The monoisotopic (exact) mass is 379 g/mol. The van der Waals surface area contributed by atoms with Gasteiger partial charge in [-0.05, 0) is 37.3 Å².